The van der Waals surface area contributed by atoms with Crippen LogP contribution in [0.25, 0.3) is 0 Å². The molecule has 15 nitrogen and oxygen atoms in total. The molecule has 2 N–H and O–H groups in total. The van der Waals surface area contributed by atoms with E-state index >= 15 is 0 Å². The van der Waals surface area contributed by atoms with Crippen LogP contribution in [0, 0.1) is 22.7 Å². The normalized spacial score (nSPS) is 26.9. The van der Waals surface area contributed by atoms with E-state index in [1.165, 1.54) is 0 Å². The van der Waals surface area contributed by atoms with E-state index in [-0.39, 0.29) is 48.3 Å². The second kappa shape index (κ2) is 16.0. The Bertz CT molecular complexity index is 2210. The number of nitriles is 1. The van der Waals surface area contributed by atoms with Crippen molar-refractivity contribution < 1.29 is 28.7 Å². The zero-order chi connectivity index (χ0) is 40.8. The number of hydrogen-bond acceptors (Lipinski definition) is 11. The van der Waals surface area contributed by atoms with Gasteiger partial charge in [0, 0.05) is 49.3 Å². The van der Waals surface area contributed by atoms with E-state index in [0.29, 0.717) is 39.1 Å². The Morgan fingerprint density at radius 2 is 1.68 bits per heavy atom. The van der Waals surface area contributed by atoms with Crippen molar-refractivity contribution in [1.29, 1.82) is 5.26 Å². The van der Waals surface area contributed by atoms with Crippen molar-refractivity contribution in [2.24, 2.45) is 11.3 Å². The number of anilines is 1. The van der Waals surface area contributed by atoms with Gasteiger partial charge in [0.1, 0.15) is 17.9 Å². The number of halogens is 1. The minimum Gasteiger partial charge on any atom is -0.490 e. The molecule has 1 spiro atoms. The molecule has 1 unspecified atom stereocenters. The summed E-state index contributed by atoms with van der Waals surface area (Å²) in [6.45, 7) is 5.03. The van der Waals surface area contributed by atoms with Crippen molar-refractivity contribution in [2.75, 3.05) is 37.6 Å². The van der Waals surface area contributed by atoms with Gasteiger partial charge in [0.25, 0.3) is 17.7 Å². The van der Waals surface area contributed by atoms with E-state index in [4.69, 9.17) is 21.6 Å². The highest BCUT2D eigenvalue weighted by molar-refractivity contribution is 6.31. The van der Waals surface area contributed by atoms with Crippen LogP contribution in [0.2, 0.25) is 5.02 Å². The monoisotopic (exact) mass is 821 g/mol. The molecule has 16 heteroatoms. The molecule has 6 aliphatic rings. The zero-order valence-corrected chi connectivity index (χ0v) is 33.7. The Morgan fingerprint density at radius 3 is 2.39 bits per heavy atom. The van der Waals surface area contributed by atoms with Crippen LogP contribution >= 0.6 is 11.6 Å². The first-order valence-electron chi connectivity index (χ1n) is 21.0. The molecular weight excluding hydrogens is 774 g/mol. The second-order valence-corrected chi connectivity index (χ2v) is 17.8. The molecule has 2 aromatic carbocycles. The quantitative estimate of drug-likeness (QED) is 0.287. The summed E-state index contributed by atoms with van der Waals surface area (Å²) in [5, 5.41) is 24.0. The van der Waals surface area contributed by atoms with Crippen molar-refractivity contribution in [3.63, 3.8) is 0 Å². The lowest BCUT2D eigenvalue weighted by atomic mass is 9.71. The molecular formula is C43H48ClN9O6. The molecule has 308 valence electrons. The van der Waals surface area contributed by atoms with Gasteiger partial charge in [-0.25, -0.2) is 0 Å². The van der Waals surface area contributed by atoms with Gasteiger partial charge in [-0.2, -0.15) is 15.2 Å². The molecule has 4 aliphatic heterocycles. The minimum absolute atomic E-state index is 0.0286. The van der Waals surface area contributed by atoms with Crippen molar-refractivity contribution in [3.8, 4) is 11.8 Å². The number of piperidine rings is 2. The highest BCUT2D eigenvalue weighted by Crippen LogP contribution is 2.44. The number of rotatable bonds is 9. The number of carbonyl (C=O) groups excluding carboxylic acids is 5. The minimum atomic E-state index is -0.966. The molecule has 59 heavy (non-hydrogen) atoms. The van der Waals surface area contributed by atoms with E-state index < -0.39 is 23.8 Å². The number of likely N-dealkylation sites (tertiary alicyclic amines) is 1. The summed E-state index contributed by atoms with van der Waals surface area (Å²) in [6, 6.07) is 11.8. The van der Waals surface area contributed by atoms with Gasteiger partial charge < -0.3 is 19.9 Å². The number of hydrogen-bond donors (Lipinski definition) is 2. The van der Waals surface area contributed by atoms with Crippen LogP contribution in [0.15, 0.2) is 42.6 Å². The number of fused-ring (bicyclic) bond motifs is 1. The largest absolute Gasteiger partial charge is 0.490 e. The fourth-order valence-electron chi connectivity index (χ4n) is 10.0. The Kier molecular flexibility index (Phi) is 10.6. The number of aromatic nitrogens is 3. The second-order valence-electron chi connectivity index (χ2n) is 17.4. The van der Waals surface area contributed by atoms with Crippen LogP contribution in [-0.2, 0) is 9.59 Å². The Morgan fingerprint density at radius 1 is 0.932 bits per heavy atom. The topological polar surface area (TPSA) is 183 Å². The number of imide groups is 2. The van der Waals surface area contributed by atoms with Crippen LogP contribution in [-0.4, -0.2) is 105 Å². The van der Waals surface area contributed by atoms with Crippen LogP contribution in [0.5, 0.6) is 5.75 Å². The standard InChI is InChI=1S/C43H48ClN9O6/c44-35-20-32(9-3-27(35)21-45)59-31-10-4-28(5-11-31)47-39(55)36-22-46-53(49-36)29-6-1-26(2-7-29)23-50-17-15-43(16-18-50)24-51(25-43)30-8-12-33-34(19-30)42(58)52(41(33)57)37-13-14-38(54)48-40(37)56/h3,8-9,12,19-20,22,26,28-29,31,37H,1-2,4-7,10-11,13-18,23-25H2,(H,47,55)(H,48,54,56)/t26-,28-,29-,31-,37?. The van der Waals surface area contributed by atoms with Crippen LogP contribution in [0.3, 0.4) is 0 Å². The Balaban J connectivity index is 0.687. The number of nitrogens with one attached hydrogen (secondary N) is 2. The molecule has 3 saturated heterocycles. The third-order valence-electron chi connectivity index (χ3n) is 13.5. The predicted molar refractivity (Wildman–Crippen MR) is 215 cm³/mol. The molecule has 5 amide bonds. The van der Waals surface area contributed by atoms with E-state index in [2.05, 4.69) is 36.7 Å². The molecule has 2 aliphatic carbocycles. The number of nitrogens with zero attached hydrogens (tertiary/aromatic N) is 7. The lowest BCUT2D eigenvalue weighted by molar-refractivity contribution is -0.136. The fraction of sp³-hybridized carbons (Fsp3) is 0.535. The van der Waals surface area contributed by atoms with Crippen molar-refractivity contribution >= 4 is 46.8 Å². The van der Waals surface area contributed by atoms with Crippen LogP contribution in [0.1, 0.15) is 120 Å². The first-order valence-corrected chi connectivity index (χ1v) is 21.3. The number of benzene rings is 2. The smallest absolute Gasteiger partial charge is 0.273 e. The van der Waals surface area contributed by atoms with E-state index in [1.54, 1.807) is 41.3 Å². The molecule has 9 rings (SSSR count). The van der Waals surface area contributed by atoms with Crippen molar-refractivity contribution in [2.45, 2.75) is 101 Å². The number of carbonyl (C=O) groups is 5. The first-order chi connectivity index (χ1) is 28.5. The summed E-state index contributed by atoms with van der Waals surface area (Å²) in [5.74, 6) is -0.866. The average Bonchev–Trinajstić information content (AvgIpc) is 3.81. The predicted octanol–water partition coefficient (Wildman–Crippen LogP) is 4.66. The van der Waals surface area contributed by atoms with Crippen LogP contribution in [0.4, 0.5) is 5.69 Å². The summed E-state index contributed by atoms with van der Waals surface area (Å²) < 4.78 is 6.09. The molecule has 5 heterocycles. The maximum atomic E-state index is 13.3. The molecule has 0 bridgehead atoms. The van der Waals surface area contributed by atoms with Crippen LogP contribution < -0.4 is 20.3 Å². The number of amides is 5. The van der Waals surface area contributed by atoms with E-state index in [1.807, 2.05) is 6.07 Å². The molecule has 5 fully saturated rings. The molecule has 0 radical (unpaired) electrons. The lowest BCUT2D eigenvalue weighted by Crippen LogP contribution is -2.60. The van der Waals surface area contributed by atoms with E-state index in [0.717, 1.165) is 108 Å². The van der Waals surface area contributed by atoms with Gasteiger partial charge >= 0.3 is 0 Å². The summed E-state index contributed by atoms with van der Waals surface area (Å²) in [7, 11) is 0. The Labute approximate surface area is 347 Å². The van der Waals surface area contributed by atoms with Crippen molar-refractivity contribution in [3.05, 3.63) is 70.0 Å². The Hall–Kier alpha value is -5.33. The summed E-state index contributed by atoms with van der Waals surface area (Å²) in [4.78, 5) is 71.3. The summed E-state index contributed by atoms with van der Waals surface area (Å²) in [5.41, 5.74) is 2.56. The van der Waals surface area contributed by atoms with Gasteiger partial charge in [0.05, 0.1) is 40.1 Å². The lowest BCUT2D eigenvalue weighted by Gasteiger charge is -2.55. The molecule has 2 saturated carbocycles. The first kappa shape index (κ1) is 39.1. The van der Waals surface area contributed by atoms with Gasteiger partial charge in [0.2, 0.25) is 11.8 Å². The van der Waals surface area contributed by atoms with Gasteiger partial charge in [-0.05, 0) is 120 Å². The maximum Gasteiger partial charge on any atom is 0.273 e. The van der Waals surface area contributed by atoms with Gasteiger partial charge in [-0.15, -0.1) is 5.10 Å². The highest BCUT2D eigenvalue weighted by atomic mass is 35.5. The number of ether oxygens (including phenoxy) is 1. The molecule has 1 aromatic heterocycles. The summed E-state index contributed by atoms with van der Waals surface area (Å²) in [6.07, 6.45) is 11.5. The third-order valence-corrected chi connectivity index (χ3v) is 13.8. The van der Waals surface area contributed by atoms with E-state index in [9.17, 15) is 24.0 Å². The molecule has 3 aromatic rings. The molecule has 1 atom stereocenters. The van der Waals surface area contributed by atoms with Crippen molar-refractivity contribution in [1.82, 2.24) is 35.4 Å². The zero-order valence-electron chi connectivity index (χ0n) is 32.9. The summed E-state index contributed by atoms with van der Waals surface area (Å²) >= 11 is 6.16. The van der Waals surface area contributed by atoms with Gasteiger partial charge in [-0.1, -0.05) is 11.6 Å². The highest BCUT2D eigenvalue weighted by Gasteiger charge is 2.47. The van der Waals surface area contributed by atoms with Gasteiger partial charge in [-0.3, -0.25) is 34.2 Å². The maximum absolute atomic E-state index is 13.3. The fourth-order valence-corrected chi connectivity index (χ4v) is 10.3. The SMILES string of the molecule is N#Cc1ccc(O[C@H]2CC[C@H](NC(=O)c3cnn([C@H]4CC[C@H](CN5CCC6(CC5)CN(c5ccc7c(c5)C(=O)N(C5CCC(=O)NC5=O)C7=O)C6)CC4)n3)CC2)cc1Cl. The average molecular weight is 822 g/mol. The third kappa shape index (κ3) is 7.92. The van der Waals surface area contributed by atoms with Gasteiger partial charge in [0.15, 0.2) is 5.69 Å².